The monoisotopic (exact) mass is 657 g/mol. The van der Waals surface area contributed by atoms with Crippen LogP contribution in [-0.4, -0.2) is 38.4 Å². The molecule has 2 aromatic heterocycles. The van der Waals surface area contributed by atoms with Crippen LogP contribution in [0.5, 0.6) is 11.5 Å². The minimum Gasteiger partial charge on any atom is -0.457 e. The largest absolute Gasteiger partial charge is 0.515 e. The Kier molecular flexibility index (Phi) is 7.89. The molecule has 0 spiro atoms. The van der Waals surface area contributed by atoms with Gasteiger partial charge in [0.15, 0.2) is 0 Å². The van der Waals surface area contributed by atoms with E-state index in [2.05, 4.69) is 0 Å². The first kappa shape index (κ1) is 32.2. The number of nitro groups is 1. The Hall–Kier alpha value is -5.79. The highest BCUT2D eigenvalue weighted by atomic mass is 16.7. The average Bonchev–Trinajstić information content (AvgIpc) is 3.39. The molecule has 248 valence electrons. The predicted octanol–water partition coefficient (Wildman–Crippen LogP) is 6.09. The van der Waals surface area contributed by atoms with Crippen LogP contribution in [0.15, 0.2) is 53.3 Å². The van der Waals surface area contributed by atoms with Crippen molar-refractivity contribution in [1.29, 1.82) is 0 Å². The number of hydrogen-bond donors (Lipinski definition) is 0. The minimum atomic E-state index is -2.01. The van der Waals surface area contributed by atoms with Crippen molar-refractivity contribution in [1.82, 2.24) is 9.55 Å². The molecule has 14 nitrogen and oxygen atoms in total. The van der Waals surface area contributed by atoms with Gasteiger partial charge in [-0.2, -0.15) is 0 Å². The molecule has 0 saturated heterocycles. The summed E-state index contributed by atoms with van der Waals surface area (Å²) in [5.41, 5.74) is 0.143. The third kappa shape index (κ3) is 5.58. The van der Waals surface area contributed by atoms with E-state index in [-0.39, 0.29) is 47.9 Å². The molecule has 1 atom stereocenters. The molecule has 2 aromatic carbocycles. The molecule has 0 unspecified atom stereocenters. The smallest absolute Gasteiger partial charge is 0.457 e. The Bertz CT molecular complexity index is 2080. The Morgan fingerprint density at radius 2 is 1.69 bits per heavy atom. The molecule has 0 N–H and O–H groups in total. The fourth-order valence-electron chi connectivity index (χ4n) is 6.03. The van der Waals surface area contributed by atoms with Gasteiger partial charge >= 0.3 is 18.3 Å². The van der Waals surface area contributed by atoms with Gasteiger partial charge in [-0.15, -0.1) is 0 Å². The van der Waals surface area contributed by atoms with Crippen molar-refractivity contribution in [3.63, 3.8) is 0 Å². The van der Waals surface area contributed by atoms with Gasteiger partial charge in [0.25, 0.3) is 11.2 Å². The molecule has 0 aliphatic carbocycles. The molecule has 14 heteroatoms. The van der Waals surface area contributed by atoms with E-state index < -0.39 is 40.0 Å². The first-order chi connectivity index (χ1) is 22.7. The van der Waals surface area contributed by atoms with Crippen LogP contribution in [0.2, 0.25) is 0 Å². The SMILES string of the molecule is CCc1c2c(nc3ccc(OC(=O)OC(C)(C)C)cc13)-c1cc3c(c(=O)n1C2)COC(=O)[C@]3(CC)OC(=O)Oc1ccc([N+](=O)[O-])cc1. The van der Waals surface area contributed by atoms with Crippen molar-refractivity contribution in [2.24, 2.45) is 0 Å². The van der Waals surface area contributed by atoms with E-state index in [1.54, 1.807) is 56.5 Å². The van der Waals surface area contributed by atoms with Crippen LogP contribution in [0.4, 0.5) is 15.3 Å². The number of benzene rings is 2. The summed E-state index contributed by atoms with van der Waals surface area (Å²) in [4.78, 5) is 67.9. The number of carbonyl (C=O) groups excluding carboxylic acids is 3. The molecule has 4 aromatic rings. The van der Waals surface area contributed by atoms with Crippen LogP contribution >= 0.6 is 0 Å². The number of esters is 1. The van der Waals surface area contributed by atoms with E-state index in [1.807, 2.05) is 6.92 Å². The molecule has 0 bridgehead atoms. The summed E-state index contributed by atoms with van der Waals surface area (Å²) in [6.45, 7) is 8.64. The van der Waals surface area contributed by atoms with Crippen LogP contribution < -0.4 is 15.0 Å². The van der Waals surface area contributed by atoms with Crippen LogP contribution in [0.3, 0.4) is 0 Å². The Balaban J connectivity index is 1.39. The molecule has 0 radical (unpaired) electrons. The number of ether oxygens (including phenoxy) is 5. The second kappa shape index (κ2) is 11.8. The topological polar surface area (TPSA) is 175 Å². The third-order valence-corrected chi connectivity index (χ3v) is 8.20. The van der Waals surface area contributed by atoms with Gasteiger partial charge in [0.05, 0.1) is 33.9 Å². The van der Waals surface area contributed by atoms with Crippen molar-refractivity contribution in [2.75, 3.05) is 0 Å². The predicted molar refractivity (Wildman–Crippen MR) is 169 cm³/mol. The zero-order valence-corrected chi connectivity index (χ0v) is 26.8. The first-order valence-electron chi connectivity index (χ1n) is 15.2. The number of non-ortho nitro benzene ring substituents is 1. The second-order valence-corrected chi connectivity index (χ2v) is 12.3. The van der Waals surface area contributed by atoms with E-state index in [0.29, 0.717) is 23.3 Å². The number of rotatable bonds is 6. The highest BCUT2D eigenvalue weighted by Crippen LogP contribution is 2.42. The Morgan fingerprint density at radius 1 is 1.00 bits per heavy atom. The number of fused-ring (bicyclic) bond motifs is 5. The summed E-state index contributed by atoms with van der Waals surface area (Å²) >= 11 is 0. The maximum absolute atomic E-state index is 14.0. The van der Waals surface area contributed by atoms with E-state index in [0.717, 1.165) is 28.6 Å². The Labute approximate surface area is 273 Å². The highest BCUT2D eigenvalue weighted by molar-refractivity contribution is 5.90. The van der Waals surface area contributed by atoms with Crippen LogP contribution in [0, 0.1) is 10.1 Å². The summed E-state index contributed by atoms with van der Waals surface area (Å²) in [5.74, 6) is -0.650. The lowest BCUT2D eigenvalue weighted by atomic mass is 9.85. The lowest BCUT2D eigenvalue weighted by Crippen LogP contribution is -2.47. The lowest BCUT2D eigenvalue weighted by Gasteiger charge is -2.35. The fraction of sp³-hybridized carbons (Fsp3) is 0.324. The number of pyridine rings is 2. The summed E-state index contributed by atoms with van der Waals surface area (Å²) in [6, 6.07) is 11.4. The van der Waals surface area contributed by atoms with Crippen molar-refractivity contribution >= 4 is 34.9 Å². The molecule has 2 aliphatic heterocycles. The first-order valence-corrected chi connectivity index (χ1v) is 15.2. The number of nitro benzene ring substituents is 1. The van der Waals surface area contributed by atoms with Crippen molar-refractivity contribution < 1.29 is 43.0 Å². The number of aryl methyl sites for hydroxylation is 1. The van der Waals surface area contributed by atoms with Crippen molar-refractivity contribution in [2.45, 2.75) is 71.8 Å². The summed E-state index contributed by atoms with van der Waals surface area (Å²) in [6.07, 6.45) is -1.63. The van der Waals surface area contributed by atoms with E-state index >= 15 is 0 Å². The molecule has 2 aliphatic rings. The van der Waals surface area contributed by atoms with Crippen LogP contribution in [0.1, 0.15) is 63.3 Å². The second-order valence-electron chi connectivity index (χ2n) is 12.3. The van der Waals surface area contributed by atoms with Gasteiger partial charge in [-0.05, 0) is 75.6 Å². The van der Waals surface area contributed by atoms with Gasteiger partial charge < -0.3 is 28.3 Å². The lowest BCUT2D eigenvalue weighted by molar-refractivity contribution is -0.384. The number of aromatic nitrogens is 2. The fourth-order valence-corrected chi connectivity index (χ4v) is 6.03. The summed E-state index contributed by atoms with van der Waals surface area (Å²) < 4.78 is 28.5. The number of hydrogen-bond acceptors (Lipinski definition) is 12. The van der Waals surface area contributed by atoms with Crippen LogP contribution in [-0.2, 0) is 44.2 Å². The number of nitrogens with zero attached hydrogens (tertiary/aromatic N) is 3. The van der Waals surface area contributed by atoms with Gasteiger partial charge in [0.2, 0.25) is 5.60 Å². The van der Waals surface area contributed by atoms with E-state index in [1.165, 1.54) is 12.1 Å². The van der Waals surface area contributed by atoms with E-state index in [4.69, 9.17) is 28.7 Å². The molecule has 0 amide bonds. The molecule has 0 saturated carbocycles. The van der Waals surface area contributed by atoms with Crippen molar-refractivity contribution in [3.05, 3.63) is 91.3 Å². The molecule has 0 fully saturated rings. The number of carbonyl (C=O) groups is 3. The number of cyclic esters (lactones) is 1. The van der Waals surface area contributed by atoms with Gasteiger partial charge in [-0.1, -0.05) is 13.8 Å². The summed E-state index contributed by atoms with van der Waals surface area (Å²) in [7, 11) is 0. The zero-order valence-electron chi connectivity index (χ0n) is 26.8. The standard InChI is InChI=1S/C34H31N3O11/c1-6-21-22-14-20(46-31(40)47-33(3,4)5)12-13-26(22)35-28-23(21)16-36-27(28)15-25-24(29(36)38)17-44-30(39)34(25,7-2)48-32(41)45-19-10-8-18(9-11-19)37(42)43/h8-15H,6-7,16-17H2,1-5H3/t34-/m1/s1. The van der Waals surface area contributed by atoms with Crippen LogP contribution in [0.25, 0.3) is 22.3 Å². The van der Waals surface area contributed by atoms with E-state index in [9.17, 15) is 29.3 Å². The average molecular weight is 658 g/mol. The normalized spacial score (nSPS) is 16.3. The minimum absolute atomic E-state index is 0.0490. The van der Waals surface area contributed by atoms with Gasteiger partial charge in [-0.3, -0.25) is 14.9 Å². The summed E-state index contributed by atoms with van der Waals surface area (Å²) in [5, 5.41) is 11.7. The zero-order chi connectivity index (χ0) is 34.5. The van der Waals surface area contributed by atoms with Gasteiger partial charge in [0.1, 0.15) is 23.7 Å². The highest BCUT2D eigenvalue weighted by Gasteiger charge is 2.51. The molecular weight excluding hydrogens is 626 g/mol. The molecule has 4 heterocycles. The molecule has 6 rings (SSSR count). The third-order valence-electron chi connectivity index (χ3n) is 8.20. The Morgan fingerprint density at radius 3 is 2.33 bits per heavy atom. The van der Waals surface area contributed by atoms with Gasteiger partial charge in [-0.25, -0.2) is 19.4 Å². The van der Waals surface area contributed by atoms with Gasteiger partial charge in [0, 0.05) is 28.6 Å². The van der Waals surface area contributed by atoms with Crippen molar-refractivity contribution in [3.8, 4) is 22.9 Å². The maximum atomic E-state index is 14.0. The molecular formula is C34H31N3O11. The molecule has 48 heavy (non-hydrogen) atoms. The maximum Gasteiger partial charge on any atom is 0.515 e. The quantitative estimate of drug-likeness (QED) is 0.0677.